The predicted octanol–water partition coefficient (Wildman–Crippen LogP) is 1.04. The molecule has 1 aromatic heterocycles. The molecule has 0 saturated heterocycles. The number of nitrogens with one attached hydrogen (secondary N) is 1. The summed E-state index contributed by atoms with van der Waals surface area (Å²) in [6, 6.07) is -0.295. The van der Waals surface area contributed by atoms with Crippen LogP contribution in [0.15, 0.2) is 4.52 Å². The number of nitrogens with zero attached hydrogens (tertiary/aromatic N) is 1. The van der Waals surface area contributed by atoms with Crippen LogP contribution in [0.4, 0.5) is 0 Å². The molecule has 1 amide bonds. The Balaban J connectivity index is 2.86. The fourth-order valence-corrected chi connectivity index (χ4v) is 1.12. The van der Waals surface area contributed by atoms with Gasteiger partial charge in [-0.1, -0.05) is 11.1 Å². The van der Waals surface area contributed by atoms with Crippen LogP contribution in [0.25, 0.3) is 0 Å². The van der Waals surface area contributed by atoms with Gasteiger partial charge in [-0.25, -0.2) is 0 Å². The average molecular weight is 192 g/mol. The molecule has 0 saturated carbocycles. The summed E-state index contributed by atoms with van der Waals surface area (Å²) in [7, 11) is 0. The van der Waals surface area contributed by atoms with Crippen molar-refractivity contribution in [3.05, 3.63) is 17.0 Å². The molecule has 0 aliphatic heterocycles. The number of hydrogen-bond acceptors (Lipinski definition) is 3. The average Bonchev–Trinajstić information content (AvgIpc) is 2.46. The van der Waals surface area contributed by atoms with Crippen LogP contribution >= 0.6 is 0 Å². The van der Waals surface area contributed by atoms with Crippen LogP contribution in [0, 0.1) is 26.2 Å². The maximum absolute atomic E-state index is 11.6. The van der Waals surface area contributed by atoms with E-state index in [9.17, 15) is 4.79 Å². The molecule has 0 fully saturated rings. The van der Waals surface area contributed by atoms with Gasteiger partial charge in [0.15, 0.2) is 0 Å². The standard InChI is InChI=1S/C10H12N2O2/c1-5-6(2)11-10(13)9-7(3)12-14-8(9)4/h1,6H,2-4H3,(H,11,13). The number of amides is 1. The van der Waals surface area contributed by atoms with Crippen molar-refractivity contribution >= 4 is 5.91 Å². The molecule has 0 aliphatic carbocycles. The van der Waals surface area contributed by atoms with Crippen molar-refractivity contribution in [1.29, 1.82) is 0 Å². The van der Waals surface area contributed by atoms with E-state index in [1.54, 1.807) is 20.8 Å². The Morgan fingerprint density at radius 2 is 2.29 bits per heavy atom. The number of carbonyl (C=O) groups is 1. The summed E-state index contributed by atoms with van der Waals surface area (Å²) in [6.45, 7) is 5.14. The van der Waals surface area contributed by atoms with Gasteiger partial charge in [0.1, 0.15) is 11.3 Å². The van der Waals surface area contributed by atoms with Gasteiger partial charge in [-0.2, -0.15) is 0 Å². The summed E-state index contributed by atoms with van der Waals surface area (Å²) in [5.41, 5.74) is 1.04. The molecule has 1 aromatic rings. The molecule has 0 radical (unpaired) electrons. The van der Waals surface area contributed by atoms with Gasteiger partial charge in [-0.3, -0.25) is 4.79 Å². The summed E-state index contributed by atoms with van der Waals surface area (Å²) in [6.07, 6.45) is 5.15. The normalized spacial score (nSPS) is 11.9. The van der Waals surface area contributed by atoms with Crippen molar-refractivity contribution < 1.29 is 9.32 Å². The van der Waals surface area contributed by atoms with Gasteiger partial charge in [-0.15, -0.1) is 6.42 Å². The Labute approximate surface area is 82.7 Å². The molecule has 0 spiro atoms. The number of hydrogen-bond donors (Lipinski definition) is 1. The first-order chi connectivity index (χ1) is 6.56. The molecule has 1 N–H and O–H groups in total. The number of carbonyl (C=O) groups excluding carboxylic acids is 1. The Kier molecular flexibility index (Phi) is 2.92. The van der Waals surface area contributed by atoms with Crippen LogP contribution in [0.5, 0.6) is 0 Å². The Morgan fingerprint density at radius 1 is 1.64 bits per heavy atom. The van der Waals surface area contributed by atoms with Crippen LogP contribution in [-0.4, -0.2) is 17.1 Å². The Bertz CT molecular complexity index is 368. The third-order valence-corrected chi connectivity index (χ3v) is 1.86. The fraction of sp³-hybridized carbons (Fsp3) is 0.400. The molecular weight excluding hydrogens is 180 g/mol. The summed E-state index contributed by atoms with van der Waals surface area (Å²) >= 11 is 0. The number of aryl methyl sites for hydroxylation is 2. The van der Waals surface area contributed by atoms with E-state index in [1.165, 1.54) is 0 Å². The minimum Gasteiger partial charge on any atom is -0.361 e. The van der Waals surface area contributed by atoms with Gasteiger partial charge in [0.25, 0.3) is 5.91 Å². The van der Waals surface area contributed by atoms with E-state index in [-0.39, 0.29) is 11.9 Å². The summed E-state index contributed by atoms with van der Waals surface area (Å²) in [4.78, 5) is 11.6. The first-order valence-corrected chi connectivity index (χ1v) is 4.26. The zero-order valence-electron chi connectivity index (χ0n) is 8.42. The zero-order chi connectivity index (χ0) is 10.7. The Morgan fingerprint density at radius 3 is 2.71 bits per heavy atom. The zero-order valence-corrected chi connectivity index (χ0v) is 8.42. The molecular formula is C10H12N2O2. The van der Waals surface area contributed by atoms with Gasteiger partial charge < -0.3 is 9.84 Å². The van der Waals surface area contributed by atoms with Crippen molar-refractivity contribution in [2.45, 2.75) is 26.8 Å². The summed E-state index contributed by atoms with van der Waals surface area (Å²) < 4.78 is 4.87. The molecule has 1 unspecified atom stereocenters. The monoisotopic (exact) mass is 192 g/mol. The van der Waals surface area contributed by atoms with E-state index in [0.29, 0.717) is 17.0 Å². The number of aromatic nitrogens is 1. The van der Waals surface area contributed by atoms with E-state index in [2.05, 4.69) is 16.4 Å². The molecule has 0 bridgehead atoms. The van der Waals surface area contributed by atoms with E-state index >= 15 is 0 Å². The molecule has 1 rings (SSSR count). The molecule has 1 heterocycles. The van der Waals surface area contributed by atoms with Gasteiger partial charge in [0.2, 0.25) is 0 Å². The van der Waals surface area contributed by atoms with Crippen molar-refractivity contribution in [3.8, 4) is 12.3 Å². The summed E-state index contributed by atoms with van der Waals surface area (Å²) in [5.74, 6) is 2.67. The Hall–Kier alpha value is -1.76. The van der Waals surface area contributed by atoms with Gasteiger partial charge in [0.05, 0.1) is 11.7 Å². The maximum Gasteiger partial charge on any atom is 0.257 e. The lowest BCUT2D eigenvalue weighted by atomic mass is 10.2. The molecule has 74 valence electrons. The minimum atomic E-state index is -0.295. The van der Waals surface area contributed by atoms with Gasteiger partial charge >= 0.3 is 0 Å². The van der Waals surface area contributed by atoms with Crippen LogP contribution < -0.4 is 5.32 Å². The third kappa shape index (κ3) is 1.94. The van der Waals surface area contributed by atoms with E-state index < -0.39 is 0 Å². The highest BCUT2D eigenvalue weighted by Crippen LogP contribution is 2.11. The molecule has 4 heteroatoms. The minimum absolute atomic E-state index is 0.244. The van der Waals surface area contributed by atoms with E-state index in [0.717, 1.165) is 0 Å². The van der Waals surface area contributed by atoms with Crippen LogP contribution in [-0.2, 0) is 0 Å². The molecule has 14 heavy (non-hydrogen) atoms. The first kappa shape index (κ1) is 10.3. The third-order valence-electron chi connectivity index (χ3n) is 1.86. The smallest absolute Gasteiger partial charge is 0.257 e. The van der Waals surface area contributed by atoms with Crippen molar-refractivity contribution in [2.75, 3.05) is 0 Å². The second-order valence-corrected chi connectivity index (χ2v) is 3.06. The highest BCUT2D eigenvalue weighted by Gasteiger charge is 2.17. The largest absolute Gasteiger partial charge is 0.361 e. The summed E-state index contributed by atoms with van der Waals surface area (Å²) in [5, 5.41) is 6.32. The van der Waals surface area contributed by atoms with Gasteiger partial charge in [0, 0.05) is 0 Å². The maximum atomic E-state index is 11.6. The predicted molar refractivity (Wildman–Crippen MR) is 51.7 cm³/mol. The highest BCUT2D eigenvalue weighted by molar-refractivity contribution is 5.96. The lowest BCUT2D eigenvalue weighted by Crippen LogP contribution is -2.31. The van der Waals surface area contributed by atoms with E-state index in [4.69, 9.17) is 10.9 Å². The molecule has 1 atom stereocenters. The van der Waals surface area contributed by atoms with Gasteiger partial charge in [-0.05, 0) is 20.8 Å². The molecule has 0 aromatic carbocycles. The van der Waals surface area contributed by atoms with E-state index in [1.807, 2.05) is 0 Å². The van der Waals surface area contributed by atoms with Crippen LogP contribution in [0.1, 0.15) is 28.7 Å². The SMILES string of the molecule is C#CC(C)NC(=O)c1c(C)noc1C. The van der Waals surface area contributed by atoms with Crippen molar-refractivity contribution in [1.82, 2.24) is 10.5 Å². The number of rotatable bonds is 2. The van der Waals surface area contributed by atoms with Crippen molar-refractivity contribution in [3.63, 3.8) is 0 Å². The topological polar surface area (TPSA) is 55.1 Å². The first-order valence-electron chi connectivity index (χ1n) is 4.26. The highest BCUT2D eigenvalue weighted by atomic mass is 16.5. The lowest BCUT2D eigenvalue weighted by molar-refractivity contribution is 0.0946. The van der Waals surface area contributed by atoms with Crippen LogP contribution in [0.3, 0.4) is 0 Å². The number of terminal acetylenes is 1. The lowest BCUT2D eigenvalue weighted by Gasteiger charge is -2.06. The molecule has 0 aliphatic rings. The fourth-order valence-electron chi connectivity index (χ4n) is 1.12. The molecule has 4 nitrogen and oxygen atoms in total. The van der Waals surface area contributed by atoms with Crippen molar-refractivity contribution in [2.24, 2.45) is 0 Å². The second kappa shape index (κ2) is 3.97. The van der Waals surface area contributed by atoms with Crippen LogP contribution in [0.2, 0.25) is 0 Å². The quantitative estimate of drug-likeness (QED) is 0.712. The second-order valence-electron chi connectivity index (χ2n) is 3.06.